The zero-order valence-corrected chi connectivity index (χ0v) is 24.6. The van der Waals surface area contributed by atoms with Crippen LogP contribution in [-0.2, 0) is 0 Å². The van der Waals surface area contributed by atoms with E-state index in [4.69, 9.17) is 16.3 Å². The third-order valence-electron chi connectivity index (χ3n) is 8.28. The molecule has 6 aromatic rings. The molecule has 4 aromatic carbocycles. The number of anilines is 3. The van der Waals surface area contributed by atoms with Crippen LogP contribution in [-0.4, -0.2) is 46.0 Å². The number of aromatic nitrogens is 2. The van der Waals surface area contributed by atoms with Crippen molar-refractivity contribution >= 4 is 84.8 Å². The molecule has 8 rings (SSSR count). The number of aromatic amines is 2. The summed E-state index contributed by atoms with van der Waals surface area (Å²) in [6.07, 6.45) is 1.99. The molecule has 0 saturated carbocycles. The number of fused-ring (bicyclic) bond motifs is 4. The minimum Gasteiger partial charge on any atom is -0.461 e. The average molecular weight is 608 g/mol. The van der Waals surface area contributed by atoms with Gasteiger partial charge < -0.3 is 30.2 Å². The van der Waals surface area contributed by atoms with Gasteiger partial charge in [-0.25, -0.2) is 0 Å². The molecule has 10 heteroatoms. The molecule has 4 N–H and O–H groups in total. The maximum Gasteiger partial charge on any atom is 0.274 e. The highest BCUT2D eigenvalue weighted by Gasteiger charge is 2.37. The topological polar surface area (TPSA) is 102 Å². The van der Waals surface area contributed by atoms with E-state index in [0.29, 0.717) is 29.5 Å². The summed E-state index contributed by atoms with van der Waals surface area (Å²) in [7, 11) is 0. The number of para-hydroxylation sites is 1. The predicted molar refractivity (Wildman–Crippen MR) is 175 cm³/mol. The lowest BCUT2D eigenvalue weighted by Gasteiger charge is -2.28. The number of alkyl halides is 1. The van der Waals surface area contributed by atoms with Gasteiger partial charge in [-0.3, -0.25) is 9.59 Å². The Morgan fingerprint density at radius 2 is 1.79 bits per heavy atom. The fourth-order valence-corrected chi connectivity index (χ4v) is 6.99. The molecular formula is C33H26ClN5O3S. The molecule has 2 aromatic heterocycles. The van der Waals surface area contributed by atoms with Crippen LogP contribution in [0.1, 0.15) is 32.5 Å². The van der Waals surface area contributed by atoms with Crippen molar-refractivity contribution in [3.8, 4) is 5.75 Å². The number of amides is 2. The first-order valence-corrected chi connectivity index (χ1v) is 15.8. The van der Waals surface area contributed by atoms with Crippen molar-refractivity contribution in [3.63, 3.8) is 0 Å². The Balaban J connectivity index is 1.11. The Kier molecular flexibility index (Phi) is 6.06. The Morgan fingerprint density at radius 1 is 0.977 bits per heavy atom. The van der Waals surface area contributed by atoms with E-state index in [2.05, 4.69) is 32.7 Å². The van der Waals surface area contributed by atoms with Gasteiger partial charge in [0.1, 0.15) is 17.1 Å². The lowest BCUT2D eigenvalue weighted by molar-refractivity contribution is 0.0982. The smallest absolute Gasteiger partial charge is 0.274 e. The molecule has 8 nitrogen and oxygen atoms in total. The van der Waals surface area contributed by atoms with Gasteiger partial charge in [-0.1, -0.05) is 42.1 Å². The van der Waals surface area contributed by atoms with Crippen molar-refractivity contribution in [3.05, 3.63) is 95.8 Å². The van der Waals surface area contributed by atoms with Gasteiger partial charge in [0.25, 0.3) is 11.8 Å². The molecule has 43 heavy (non-hydrogen) atoms. The summed E-state index contributed by atoms with van der Waals surface area (Å²) in [4.78, 5) is 35.2. The Labute approximate surface area is 255 Å². The highest BCUT2D eigenvalue weighted by Crippen LogP contribution is 2.49. The first kappa shape index (κ1) is 26.1. The molecule has 0 fully saturated rings. The highest BCUT2D eigenvalue weighted by atomic mass is 35.5. The maximum atomic E-state index is 14.0. The van der Waals surface area contributed by atoms with Gasteiger partial charge in [-0.15, -0.1) is 11.6 Å². The van der Waals surface area contributed by atoms with Crippen LogP contribution in [0.3, 0.4) is 0 Å². The lowest BCUT2D eigenvalue weighted by atomic mass is 9.94. The second kappa shape index (κ2) is 10.00. The first-order valence-electron chi connectivity index (χ1n) is 14.0. The number of nitrogens with zero attached hydrogens (tertiary/aromatic N) is 1. The van der Waals surface area contributed by atoms with Crippen LogP contribution in [0, 0.1) is 0 Å². The zero-order chi connectivity index (χ0) is 29.2. The van der Waals surface area contributed by atoms with Crippen LogP contribution < -0.4 is 20.3 Å². The lowest BCUT2D eigenvalue weighted by Crippen LogP contribution is -2.30. The molecular weight excluding hydrogens is 582 g/mol. The summed E-state index contributed by atoms with van der Waals surface area (Å²) in [5.41, 5.74) is 5.97. The zero-order valence-electron chi connectivity index (χ0n) is 23.0. The highest BCUT2D eigenvalue weighted by molar-refractivity contribution is 7.99. The third-order valence-corrected chi connectivity index (χ3v) is 9.30. The van der Waals surface area contributed by atoms with Crippen molar-refractivity contribution in [2.45, 2.75) is 11.5 Å². The van der Waals surface area contributed by atoms with Crippen LogP contribution >= 0.6 is 23.4 Å². The largest absolute Gasteiger partial charge is 0.461 e. The number of H-pyrrole nitrogens is 2. The van der Waals surface area contributed by atoms with Crippen LogP contribution in [0.2, 0.25) is 0 Å². The van der Waals surface area contributed by atoms with Crippen LogP contribution in [0.4, 0.5) is 17.1 Å². The first-order chi connectivity index (χ1) is 21.0. The van der Waals surface area contributed by atoms with E-state index in [-0.39, 0.29) is 23.3 Å². The van der Waals surface area contributed by atoms with Gasteiger partial charge in [0.05, 0.1) is 5.69 Å². The standard InChI is InChI=1S/C33H26ClN5O3S/c1-43-33-38-24-8-4-6-21-29-19(15-34)16-39(27(29)14-28(42-33)30(21)24)32(41)26-13-18-11-20(9-10-23(18)37-26)35-31(40)25-12-17-5-2-3-7-22(17)36-25/h2-14,19,33,36-38H,15-16H2,1H3,(H,35,40)/t19-,33?/m1/s1. The summed E-state index contributed by atoms with van der Waals surface area (Å²) >= 11 is 8.06. The molecule has 2 atom stereocenters. The van der Waals surface area contributed by atoms with Crippen LogP contribution in [0.15, 0.2) is 78.9 Å². The summed E-state index contributed by atoms with van der Waals surface area (Å²) in [5, 5.41) is 10.3. The maximum absolute atomic E-state index is 14.0. The Morgan fingerprint density at radius 3 is 2.63 bits per heavy atom. The molecule has 1 unspecified atom stereocenters. The summed E-state index contributed by atoms with van der Waals surface area (Å²) in [6.45, 7) is 0.473. The summed E-state index contributed by atoms with van der Waals surface area (Å²) < 4.78 is 6.26. The average Bonchev–Trinajstić information content (AvgIpc) is 3.75. The van der Waals surface area contributed by atoms with Gasteiger partial charge in [0.2, 0.25) is 5.56 Å². The fraction of sp³-hybridized carbons (Fsp3) is 0.152. The van der Waals surface area contributed by atoms with Crippen molar-refractivity contribution in [2.24, 2.45) is 0 Å². The number of benzene rings is 4. The molecule has 2 amide bonds. The number of ether oxygens (including phenoxy) is 1. The van der Waals surface area contributed by atoms with E-state index < -0.39 is 0 Å². The van der Waals surface area contributed by atoms with E-state index in [9.17, 15) is 9.59 Å². The molecule has 0 saturated heterocycles. The van der Waals surface area contributed by atoms with Crippen LogP contribution in [0.25, 0.3) is 32.6 Å². The molecule has 2 aliphatic rings. The van der Waals surface area contributed by atoms with E-state index in [1.807, 2.05) is 73.0 Å². The number of nitrogens with one attached hydrogen (secondary N) is 4. The predicted octanol–water partition coefficient (Wildman–Crippen LogP) is 7.49. The van der Waals surface area contributed by atoms with Crippen molar-refractivity contribution in [1.29, 1.82) is 0 Å². The Bertz CT molecular complexity index is 2070. The molecule has 214 valence electrons. The normalized spacial score (nSPS) is 17.2. The minimum absolute atomic E-state index is 0.0148. The summed E-state index contributed by atoms with van der Waals surface area (Å²) in [6, 6.07) is 25.1. The molecule has 0 bridgehead atoms. The number of hydrogen-bond acceptors (Lipinski definition) is 5. The van der Waals surface area contributed by atoms with Crippen molar-refractivity contribution in [1.82, 2.24) is 9.97 Å². The van der Waals surface area contributed by atoms with Gasteiger partial charge in [0.15, 0.2) is 0 Å². The fourth-order valence-electron chi connectivity index (χ4n) is 6.29. The monoisotopic (exact) mass is 607 g/mol. The van der Waals surface area contributed by atoms with Crippen LogP contribution in [0.5, 0.6) is 5.75 Å². The van der Waals surface area contributed by atoms with E-state index in [0.717, 1.165) is 55.3 Å². The van der Waals surface area contributed by atoms with Crippen molar-refractivity contribution < 1.29 is 14.3 Å². The van der Waals surface area contributed by atoms with E-state index in [1.54, 1.807) is 16.7 Å². The molecule has 0 aliphatic carbocycles. The summed E-state index contributed by atoms with van der Waals surface area (Å²) in [5.74, 6) is 0.750. The second-order valence-corrected chi connectivity index (χ2v) is 12.1. The van der Waals surface area contributed by atoms with Gasteiger partial charge in [-0.2, -0.15) is 0 Å². The number of hydrogen-bond donors (Lipinski definition) is 4. The van der Waals surface area contributed by atoms with Gasteiger partial charge in [0, 0.05) is 63.0 Å². The number of carbonyl (C=O) groups excluding carboxylic acids is 2. The SMILES string of the molecule is CSC1Nc2cccc3c4c(cc(c23)O1)N(C(=O)c1cc2cc(NC(=O)c3cc5ccccc5[nH]3)ccc2[nH]1)C[C@H]4CCl. The van der Waals surface area contributed by atoms with Crippen molar-refractivity contribution in [2.75, 3.05) is 34.2 Å². The molecule has 2 aliphatic heterocycles. The number of thioether (sulfide) groups is 1. The van der Waals surface area contributed by atoms with Gasteiger partial charge in [-0.05, 0) is 59.7 Å². The Hall–Kier alpha value is -4.60. The number of halogens is 1. The quantitative estimate of drug-likeness (QED) is 0.152. The molecule has 4 heterocycles. The number of carbonyl (C=O) groups is 2. The second-order valence-electron chi connectivity index (χ2n) is 10.8. The minimum atomic E-state index is -0.233. The number of rotatable bonds is 5. The molecule has 0 spiro atoms. The van der Waals surface area contributed by atoms with Gasteiger partial charge >= 0.3 is 0 Å². The van der Waals surface area contributed by atoms with E-state index >= 15 is 0 Å². The molecule has 0 radical (unpaired) electrons. The third kappa shape index (κ3) is 4.22. The van der Waals surface area contributed by atoms with E-state index in [1.165, 1.54) is 0 Å².